The highest BCUT2D eigenvalue weighted by molar-refractivity contribution is 6.00. The predicted octanol–water partition coefficient (Wildman–Crippen LogP) is 1.89. The van der Waals surface area contributed by atoms with E-state index in [4.69, 9.17) is 5.11 Å². The van der Waals surface area contributed by atoms with Crippen molar-refractivity contribution >= 4 is 11.9 Å². The van der Waals surface area contributed by atoms with Crippen LogP contribution in [0.15, 0.2) is 24.3 Å². The lowest BCUT2D eigenvalue weighted by molar-refractivity contribution is 0.0689. The third kappa shape index (κ3) is 1.91. The van der Waals surface area contributed by atoms with Gasteiger partial charge >= 0.3 is 5.97 Å². The van der Waals surface area contributed by atoms with Gasteiger partial charge in [-0.1, -0.05) is 12.1 Å². The van der Waals surface area contributed by atoms with Crippen LogP contribution in [0.3, 0.4) is 0 Å². The first-order chi connectivity index (χ1) is 10.1. The van der Waals surface area contributed by atoms with Crippen LogP contribution in [0.25, 0.3) is 11.3 Å². The summed E-state index contributed by atoms with van der Waals surface area (Å²) < 4.78 is 0. The van der Waals surface area contributed by atoms with Crippen molar-refractivity contribution < 1.29 is 14.7 Å². The third-order valence-corrected chi connectivity index (χ3v) is 4.03. The monoisotopic (exact) mass is 283 g/mol. The summed E-state index contributed by atoms with van der Waals surface area (Å²) in [5, 5.41) is 15.4. The zero-order valence-electron chi connectivity index (χ0n) is 11.2. The van der Waals surface area contributed by atoms with Crippen LogP contribution >= 0.6 is 0 Å². The van der Waals surface area contributed by atoms with E-state index in [9.17, 15) is 9.59 Å². The maximum absolute atomic E-state index is 12.4. The first kappa shape index (κ1) is 12.1. The Hall–Kier alpha value is -2.63. The van der Waals surface area contributed by atoms with Crippen LogP contribution in [-0.4, -0.2) is 38.1 Å². The topological polar surface area (TPSA) is 86.3 Å². The minimum Gasteiger partial charge on any atom is -0.477 e. The van der Waals surface area contributed by atoms with Gasteiger partial charge in [0.25, 0.3) is 5.91 Å². The fourth-order valence-corrected chi connectivity index (χ4v) is 2.74. The van der Waals surface area contributed by atoms with E-state index in [2.05, 4.69) is 10.2 Å². The van der Waals surface area contributed by atoms with Crippen molar-refractivity contribution in [2.45, 2.75) is 25.4 Å². The van der Waals surface area contributed by atoms with E-state index in [1.807, 2.05) is 23.1 Å². The number of aromatic amines is 1. The highest BCUT2D eigenvalue weighted by Gasteiger charge is 2.38. The number of carboxylic acid groups (broad SMARTS) is 1. The fourth-order valence-electron chi connectivity index (χ4n) is 2.74. The van der Waals surface area contributed by atoms with Crippen molar-refractivity contribution in [2.24, 2.45) is 0 Å². The number of nitrogens with zero attached hydrogens (tertiary/aromatic N) is 2. The van der Waals surface area contributed by atoms with Gasteiger partial charge in [-0.05, 0) is 30.5 Å². The highest BCUT2D eigenvalue weighted by Crippen LogP contribution is 2.35. The Labute approximate surface area is 120 Å². The second-order valence-corrected chi connectivity index (χ2v) is 5.51. The predicted molar refractivity (Wildman–Crippen MR) is 73.9 cm³/mol. The number of carbonyl (C=O) groups is 2. The Morgan fingerprint density at radius 3 is 2.81 bits per heavy atom. The average molecular weight is 283 g/mol. The van der Waals surface area contributed by atoms with Crippen LogP contribution in [0.5, 0.6) is 0 Å². The molecule has 2 N–H and O–H groups in total. The number of carbonyl (C=O) groups excluding carboxylic acids is 1. The molecule has 1 aliphatic heterocycles. The zero-order chi connectivity index (χ0) is 14.6. The van der Waals surface area contributed by atoms with E-state index in [0.717, 1.165) is 24.0 Å². The molecule has 6 heteroatoms. The zero-order valence-corrected chi connectivity index (χ0v) is 11.2. The molecule has 0 spiro atoms. The average Bonchev–Trinajstić information content (AvgIpc) is 3.09. The molecule has 2 aliphatic rings. The number of hydrogen-bond donors (Lipinski definition) is 2. The molecule has 4 rings (SSSR count). The van der Waals surface area contributed by atoms with Crippen molar-refractivity contribution in [3.63, 3.8) is 0 Å². The summed E-state index contributed by atoms with van der Waals surface area (Å²) in [5.74, 6) is -0.978. The van der Waals surface area contributed by atoms with Crippen LogP contribution in [-0.2, 0) is 6.54 Å². The number of fused-ring (bicyclic) bond motifs is 1. The number of aromatic carboxylic acids is 1. The molecule has 1 amide bonds. The Morgan fingerprint density at radius 2 is 2.14 bits per heavy atom. The summed E-state index contributed by atoms with van der Waals surface area (Å²) in [4.78, 5) is 25.2. The molecule has 106 valence electrons. The van der Waals surface area contributed by atoms with Gasteiger partial charge in [-0.25, -0.2) is 4.79 Å². The maximum atomic E-state index is 12.4. The summed E-state index contributed by atoms with van der Waals surface area (Å²) >= 11 is 0. The highest BCUT2D eigenvalue weighted by atomic mass is 16.4. The molecule has 0 bridgehead atoms. The number of H-pyrrole nitrogens is 1. The number of aromatic nitrogens is 2. The standard InChI is InChI=1S/C15H13N3O3/c19-14-11-5-8(12-6-13(15(20)21)17-16-12)1-2-9(11)7-18(14)10-3-4-10/h1-2,5-6,10H,3-4,7H2,(H,16,17)(H,20,21). The maximum Gasteiger partial charge on any atom is 0.353 e. The summed E-state index contributed by atoms with van der Waals surface area (Å²) in [5.41, 5.74) is 3.07. The second-order valence-electron chi connectivity index (χ2n) is 5.51. The second kappa shape index (κ2) is 4.18. The van der Waals surface area contributed by atoms with Gasteiger partial charge in [0.05, 0.1) is 5.69 Å². The largest absolute Gasteiger partial charge is 0.477 e. The fraction of sp³-hybridized carbons (Fsp3) is 0.267. The molecule has 1 aromatic carbocycles. The first-order valence-electron chi connectivity index (χ1n) is 6.86. The first-order valence-corrected chi connectivity index (χ1v) is 6.86. The van der Waals surface area contributed by atoms with E-state index in [1.165, 1.54) is 6.07 Å². The molecule has 0 atom stereocenters. The van der Waals surface area contributed by atoms with Crippen molar-refractivity contribution in [3.8, 4) is 11.3 Å². The molecule has 0 saturated heterocycles. The van der Waals surface area contributed by atoms with Crippen LogP contribution in [0.4, 0.5) is 0 Å². The number of nitrogens with one attached hydrogen (secondary N) is 1. The minimum absolute atomic E-state index is 0.0384. The molecule has 2 aromatic rings. The number of rotatable bonds is 3. The normalized spacial score (nSPS) is 17.1. The molecule has 1 saturated carbocycles. The minimum atomic E-state index is -1.05. The van der Waals surface area contributed by atoms with Gasteiger partial charge in [-0.3, -0.25) is 9.89 Å². The van der Waals surface area contributed by atoms with Crippen molar-refractivity contribution in [2.75, 3.05) is 0 Å². The molecule has 0 unspecified atom stereocenters. The molecule has 2 heterocycles. The summed E-state index contributed by atoms with van der Waals surface area (Å²) in [6.45, 7) is 0.681. The molecule has 1 aromatic heterocycles. The Kier molecular flexibility index (Phi) is 2.42. The molecule has 1 fully saturated rings. The van der Waals surface area contributed by atoms with Crippen LogP contribution in [0.2, 0.25) is 0 Å². The number of carboxylic acids is 1. The molecular formula is C15H13N3O3. The molecule has 0 radical (unpaired) electrons. The lowest BCUT2D eigenvalue weighted by Crippen LogP contribution is -2.25. The van der Waals surface area contributed by atoms with Crippen LogP contribution < -0.4 is 0 Å². The Balaban J connectivity index is 1.70. The van der Waals surface area contributed by atoms with Gasteiger partial charge in [-0.15, -0.1) is 0 Å². The van der Waals surface area contributed by atoms with E-state index < -0.39 is 5.97 Å². The smallest absolute Gasteiger partial charge is 0.353 e. The van der Waals surface area contributed by atoms with Crippen LogP contribution in [0, 0.1) is 0 Å². The van der Waals surface area contributed by atoms with Crippen molar-refractivity contribution in [3.05, 3.63) is 41.1 Å². The third-order valence-electron chi connectivity index (χ3n) is 4.03. The van der Waals surface area contributed by atoms with E-state index in [0.29, 0.717) is 23.8 Å². The van der Waals surface area contributed by atoms with Gasteiger partial charge in [-0.2, -0.15) is 5.10 Å². The Morgan fingerprint density at radius 1 is 1.33 bits per heavy atom. The number of benzene rings is 1. The van der Waals surface area contributed by atoms with Gasteiger partial charge in [0.1, 0.15) is 5.69 Å². The van der Waals surface area contributed by atoms with E-state index in [1.54, 1.807) is 0 Å². The van der Waals surface area contributed by atoms with E-state index >= 15 is 0 Å². The quantitative estimate of drug-likeness (QED) is 0.900. The number of hydrogen-bond acceptors (Lipinski definition) is 3. The van der Waals surface area contributed by atoms with E-state index in [-0.39, 0.29) is 11.6 Å². The Bertz CT molecular complexity index is 761. The van der Waals surface area contributed by atoms with Gasteiger partial charge in [0.2, 0.25) is 0 Å². The molecule has 21 heavy (non-hydrogen) atoms. The van der Waals surface area contributed by atoms with Gasteiger partial charge in [0, 0.05) is 23.7 Å². The SMILES string of the molecule is O=C(O)c1cc(-c2ccc3c(c2)C(=O)N(C2CC2)C3)n[nH]1. The van der Waals surface area contributed by atoms with Crippen LogP contribution in [0.1, 0.15) is 39.3 Å². The lowest BCUT2D eigenvalue weighted by Gasteiger charge is -2.13. The van der Waals surface area contributed by atoms with Gasteiger partial charge < -0.3 is 10.0 Å². The summed E-state index contributed by atoms with van der Waals surface area (Å²) in [6.07, 6.45) is 2.18. The number of amides is 1. The van der Waals surface area contributed by atoms with Crippen molar-refractivity contribution in [1.82, 2.24) is 15.1 Å². The summed E-state index contributed by atoms with van der Waals surface area (Å²) in [6, 6.07) is 7.49. The summed E-state index contributed by atoms with van der Waals surface area (Å²) in [7, 11) is 0. The molecule has 1 aliphatic carbocycles. The molecule has 6 nitrogen and oxygen atoms in total. The lowest BCUT2D eigenvalue weighted by atomic mass is 10.0. The molecular weight excluding hydrogens is 270 g/mol. The van der Waals surface area contributed by atoms with Gasteiger partial charge in [0.15, 0.2) is 0 Å². The van der Waals surface area contributed by atoms with Crippen molar-refractivity contribution in [1.29, 1.82) is 0 Å².